The molecule has 0 aliphatic carbocycles. The van der Waals surface area contributed by atoms with Crippen LogP contribution in [0.25, 0.3) is 0 Å². The molecule has 43 valence electrons. The van der Waals surface area contributed by atoms with Crippen LogP contribution in [0.3, 0.4) is 0 Å². The molecule has 4 heteroatoms. The molecule has 0 aromatic carbocycles. The Labute approximate surface area is 64.9 Å². The fourth-order valence-corrected chi connectivity index (χ4v) is 1.48. The first kappa shape index (κ1) is 8.37. The van der Waals surface area contributed by atoms with Crippen molar-refractivity contribution in [3.63, 3.8) is 0 Å². The molecule has 0 saturated carbocycles. The van der Waals surface area contributed by atoms with Crippen LogP contribution in [-0.4, -0.2) is 25.1 Å². The van der Waals surface area contributed by atoms with Crippen molar-refractivity contribution < 1.29 is 35.8 Å². The summed E-state index contributed by atoms with van der Waals surface area (Å²) in [5.74, 6) is 0.0795. The van der Waals surface area contributed by atoms with E-state index in [9.17, 15) is 4.79 Å². The summed E-state index contributed by atoms with van der Waals surface area (Å²) in [6.07, 6.45) is 0. The Kier molecular flexibility index (Phi) is 4.46. The molecule has 0 unspecified atom stereocenters. The first-order valence-electron chi connectivity index (χ1n) is 2.32. The fourth-order valence-electron chi connectivity index (χ4n) is 0.259. The second-order valence-corrected chi connectivity index (χ2v) is 3.27. The van der Waals surface area contributed by atoms with Gasteiger partial charge in [-0.1, -0.05) is 0 Å². The Hall–Kier alpha value is 0.365. The molecule has 8 heavy (non-hydrogen) atoms. The monoisotopic (exact) mass is 304 g/mol. The van der Waals surface area contributed by atoms with Crippen LogP contribution in [0, 0.1) is 0 Å². The molecule has 0 aliphatic heterocycles. The van der Waals surface area contributed by atoms with Crippen molar-refractivity contribution in [2.45, 2.75) is 3.93 Å². The molecular formula is C4H8HgNO2. The molecule has 0 N–H and O–H groups in total. The average molecular weight is 303 g/mol. The molecule has 0 heterocycles. The van der Waals surface area contributed by atoms with Crippen LogP contribution in [0.2, 0.25) is 3.93 Å². The summed E-state index contributed by atoms with van der Waals surface area (Å²) in [6, 6.07) is 0. The van der Waals surface area contributed by atoms with Gasteiger partial charge >= 0.3 is 64.8 Å². The predicted octanol–water partition coefficient (Wildman–Crippen LogP) is -0.0287. The van der Waals surface area contributed by atoms with E-state index < -0.39 is 0 Å². The van der Waals surface area contributed by atoms with Gasteiger partial charge in [-0.3, -0.25) is 0 Å². The second kappa shape index (κ2) is 4.26. The van der Waals surface area contributed by atoms with E-state index in [-0.39, 0.29) is 5.91 Å². The zero-order valence-corrected chi connectivity index (χ0v) is 10.7. The number of amides is 1. The zero-order chi connectivity index (χ0) is 6.57. The van der Waals surface area contributed by atoms with Gasteiger partial charge in [0.2, 0.25) is 0 Å². The Morgan fingerprint density at radius 3 is 2.50 bits per heavy atom. The van der Waals surface area contributed by atoms with Gasteiger partial charge in [0, 0.05) is 0 Å². The second-order valence-electron chi connectivity index (χ2n) is 1.32. The van der Waals surface area contributed by atoms with E-state index >= 15 is 0 Å². The molecule has 0 saturated heterocycles. The van der Waals surface area contributed by atoms with Gasteiger partial charge in [-0.15, -0.1) is 0 Å². The van der Waals surface area contributed by atoms with Crippen molar-refractivity contribution in [1.82, 2.24) is 5.06 Å². The Balaban J connectivity index is 3.46. The number of hydrogen-bond acceptors (Lipinski definition) is 2. The molecule has 0 aromatic heterocycles. The van der Waals surface area contributed by atoms with Crippen molar-refractivity contribution in [3.05, 3.63) is 0 Å². The van der Waals surface area contributed by atoms with E-state index in [2.05, 4.69) is 4.84 Å². The topological polar surface area (TPSA) is 29.5 Å². The van der Waals surface area contributed by atoms with Gasteiger partial charge in [-0.05, 0) is 0 Å². The van der Waals surface area contributed by atoms with E-state index in [1.807, 2.05) is 0 Å². The third-order valence-corrected chi connectivity index (χ3v) is 2.50. The third kappa shape index (κ3) is 2.62. The molecule has 0 radical (unpaired) electrons. The standard InChI is InChI=1S/C4H8NO2.Hg/c1-4(6)5(2)7-3;/h1H2,2-3H3;. The molecule has 0 bridgehead atoms. The molecule has 0 atom stereocenters. The summed E-state index contributed by atoms with van der Waals surface area (Å²) in [6.45, 7) is 0. The maximum atomic E-state index is 10.6. The first-order chi connectivity index (χ1) is 3.72. The van der Waals surface area contributed by atoms with Crippen LogP contribution in [0.5, 0.6) is 0 Å². The van der Waals surface area contributed by atoms with Gasteiger partial charge in [-0.25, -0.2) is 0 Å². The Morgan fingerprint density at radius 1 is 1.88 bits per heavy atom. The number of rotatable bonds is 2. The molecule has 3 nitrogen and oxygen atoms in total. The SMILES string of the molecule is CON(C)C(=O)[CH2][Hg]. The van der Waals surface area contributed by atoms with Gasteiger partial charge in [0.1, 0.15) is 0 Å². The minimum atomic E-state index is 0.0795. The summed E-state index contributed by atoms with van der Waals surface area (Å²) >= 11 is 0.550. The van der Waals surface area contributed by atoms with Gasteiger partial charge in [0.15, 0.2) is 0 Å². The number of hydrogen-bond donors (Lipinski definition) is 0. The third-order valence-electron chi connectivity index (χ3n) is 0.839. The number of carbonyl (C=O) groups excluding carboxylic acids is 1. The molecule has 0 spiro atoms. The van der Waals surface area contributed by atoms with Crippen LogP contribution in [0.4, 0.5) is 0 Å². The van der Waals surface area contributed by atoms with Gasteiger partial charge in [0.25, 0.3) is 0 Å². The Morgan fingerprint density at radius 2 is 2.38 bits per heavy atom. The van der Waals surface area contributed by atoms with Crippen molar-refractivity contribution in [2.75, 3.05) is 14.2 Å². The van der Waals surface area contributed by atoms with Crippen LogP contribution >= 0.6 is 0 Å². The summed E-state index contributed by atoms with van der Waals surface area (Å²) < 4.78 is 0.685. The summed E-state index contributed by atoms with van der Waals surface area (Å²) in [4.78, 5) is 15.2. The van der Waals surface area contributed by atoms with Gasteiger partial charge < -0.3 is 0 Å². The van der Waals surface area contributed by atoms with Crippen LogP contribution in [0.1, 0.15) is 0 Å². The summed E-state index contributed by atoms with van der Waals surface area (Å²) in [7, 11) is 3.11. The van der Waals surface area contributed by atoms with Crippen molar-refractivity contribution >= 4 is 5.91 Å². The van der Waals surface area contributed by atoms with Crippen molar-refractivity contribution in [3.8, 4) is 0 Å². The average Bonchev–Trinajstić information content (AvgIpc) is 1.84. The number of carbonyl (C=O) groups is 1. The maximum absolute atomic E-state index is 10.6. The fraction of sp³-hybridized carbons (Fsp3) is 0.750. The van der Waals surface area contributed by atoms with Crippen molar-refractivity contribution in [2.24, 2.45) is 0 Å². The van der Waals surface area contributed by atoms with Crippen molar-refractivity contribution in [1.29, 1.82) is 0 Å². The van der Waals surface area contributed by atoms with Gasteiger partial charge in [-0.2, -0.15) is 0 Å². The number of hydroxylamine groups is 2. The van der Waals surface area contributed by atoms with E-state index in [0.29, 0.717) is 30.1 Å². The zero-order valence-electron chi connectivity index (χ0n) is 5.18. The molecule has 0 aromatic rings. The first-order valence-corrected chi connectivity index (χ1v) is 6.21. The quantitative estimate of drug-likeness (QED) is 0.530. The predicted molar refractivity (Wildman–Crippen MR) is 24.6 cm³/mol. The Bertz CT molecular complexity index is 86.1. The minimum absolute atomic E-state index is 0.0795. The molecule has 0 fully saturated rings. The molecular weight excluding hydrogens is 295 g/mol. The molecule has 1 amide bonds. The van der Waals surface area contributed by atoms with E-state index in [1.165, 1.54) is 12.2 Å². The van der Waals surface area contributed by atoms with Crippen LogP contribution in [0.15, 0.2) is 0 Å². The molecule has 0 rings (SSSR count). The summed E-state index contributed by atoms with van der Waals surface area (Å²) in [5, 5.41) is 1.26. The van der Waals surface area contributed by atoms with Crippen LogP contribution in [-0.2, 0) is 35.8 Å². The van der Waals surface area contributed by atoms with E-state index in [0.717, 1.165) is 0 Å². The van der Waals surface area contributed by atoms with Crippen LogP contribution < -0.4 is 0 Å². The van der Waals surface area contributed by atoms with E-state index in [4.69, 9.17) is 0 Å². The summed E-state index contributed by atoms with van der Waals surface area (Å²) in [5.41, 5.74) is 0. The number of nitrogens with zero attached hydrogens (tertiary/aromatic N) is 1. The molecule has 0 aliphatic rings. The van der Waals surface area contributed by atoms with E-state index in [1.54, 1.807) is 7.05 Å². The normalized spacial score (nSPS) is 9.00. The van der Waals surface area contributed by atoms with Gasteiger partial charge in [0.05, 0.1) is 0 Å².